The van der Waals surface area contributed by atoms with Crippen LogP contribution in [0.1, 0.15) is 12.0 Å². The van der Waals surface area contributed by atoms with Crippen LogP contribution in [0.2, 0.25) is 0 Å². The fourth-order valence-electron chi connectivity index (χ4n) is 1.09. The third-order valence-corrected chi connectivity index (χ3v) is 2.99. The lowest BCUT2D eigenvalue weighted by molar-refractivity contribution is 0.200. The molecular weight excluding hydrogens is 210 g/mol. The Morgan fingerprint density at radius 1 is 1.53 bits per heavy atom. The standard InChI is InChI=1S/C10H17N3OS/c1-14-5-2-6-15-8-9-3-4-10(13-11)12-7-9/h3-4,7H,2,5-6,8,11H2,1H3,(H,12,13). The normalized spacial score (nSPS) is 10.3. The largest absolute Gasteiger partial charge is 0.385 e. The third kappa shape index (κ3) is 5.01. The molecule has 0 saturated carbocycles. The number of hydrazine groups is 1. The minimum atomic E-state index is 0.697. The molecule has 0 atom stereocenters. The number of hydrogen-bond acceptors (Lipinski definition) is 5. The van der Waals surface area contributed by atoms with E-state index in [1.54, 1.807) is 7.11 Å². The molecule has 1 heterocycles. The van der Waals surface area contributed by atoms with Crippen LogP contribution in [-0.4, -0.2) is 24.5 Å². The van der Waals surface area contributed by atoms with Crippen LogP contribution in [0.25, 0.3) is 0 Å². The highest BCUT2D eigenvalue weighted by Crippen LogP contribution is 2.13. The lowest BCUT2D eigenvalue weighted by Gasteiger charge is -2.03. The minimum absolute atomic E-state index is 0.697. The Balaban J connectivity index is 2.20. The molecule has 0 radical (unpaired) electrons. The summed E-state index contributed by atoms with van der Waals surface area (Å²) in [6, 6.07) is 3.91. The molecule has 0 unspecified atom stereocenters. The van der Waals surface area contributed by atoms with Gasteiger partial charge in [-0.3, -0.25) is 0 Å². The van der Waals surface area contributed by atoms with E-state index in [0.29, 0.717) is 5.82 Å². The van der Waals surface area contributed by atoms with Crippen molar-refractivity contribution in [1.29, 1.82) is 0 Å². The number of aromatic nitrogens is 1. The number of methoxy groups -OCH3 is 1. The lowest BCUT2D eigenvalue weighted by Crippen LogP contribution is -2.08. The van der Waals surface area contributed by atoms with Crippen LogP contribution in [0, 0.1) is 0 Å². The maximum atomic E-state index is 5.22. The summed E-state index contributed by atoms with van der Waals surface area (Å²) in [4.78, 5) is 4.14. The second-order valence-electron chi connectivity index (χ2n) is 3.09. The number of rotatable bonds is 7. The summed E-state index contributed by atoms with van der Waals surface area (Å²) in [7, 11) is 1.73. The van der Waals surface area contributed by atoms with E-state index in [4.69, 9.17) is 10.6 Å². The van der Waals surface area contributed by atoms with Gasteiger partial charge in [0.25, 0.3) is 0 Å². The molecule has 0 aliphatic carbocycles. The first kappa shape index (κ1) is 12.3. The molecule has 84 valence electrons. The molecule has 0 fully saturated rings. The molecule has 0 saturated heterocycles. The summed E-state index contributed by atoms with van der Waals surface area (Å²) >= 11 is 1.89. The first-order valence-corrected chi connectivity index (χ1v) is 6.00. The zero-order chi connectivity index (χ0) is 10.9. The van der Waals surface area contributed by atoms with Crippen molar-refractivity contribution in [2.24, 2.45) is 5.84 Å². The van der Waals surface area contributed by atoms with Crippen LogP contribution in [0.3, 0.4) is 0 Å². The highest BCUT2D eigenvalue weighted by Gasteiger charge is 1.95. The van der Waals surface area contributed by atoms with E-state index in [-0.39, 0.29) is 0 Å². The van der Waals surface area contributed by atoms with Crippen molar-refractivity contribution >= 4 is 17.6 Å². The van der Waals surface area contributed by atoms with Gasteiger partial charge < -0.3 is 10.2 Å². The second-order valence-corrected chi connectivity index (χ2v) is 4.20. The zero-order valence-electron chi connectivity index (χ0n) is 8.90. The van der Waals surface area contributed by atoms with Crippen molar-refractivity contribution in [3.63, 3.8) is 0 Å². The van der Waals surface area contributed by atoms with Crippen molar-refractivity contribution < 1.29 is 4.74 Å². The predicted molar refractivity (Wildman–Crippen MR) is 64.7 cm³/mol. The molecule has 1 aromatic heterocycles. The molecule has 0 aromatic carbocycles. The molecule has 3 N–H and O–H groups in total. The van der Waals surface area contributed by atoms with Crippen LogP contribution in [-0.2, 0) is 10.5 Å². The Morgan fingerprint density at radius 3 is 3.00 bits per heavy atom. The molecule has 1 rings (SSSR count). The van der Waals surface area contributed by atoms with E-state index in [0.717, 1.165) is 24.5 Å². The molecule has 0 aliphatic rings. The van der Waals surface area contributed by atoms with E-state index in [9.17, 15) is 0 Å². The molecule has 0 spiro atoms. The molecule has 15 heavy (non-hydrogen) atoms. The molecule has 0 aliphatic heterocycles. The average molecular weight is 227 g/mol. The summed E-state index contributed by atoms with van der Waals surface area (Å²) in [5.41, 5.74) is 3.72. The number of nitrogen functional groups attached to an aromatic ring is 1. The second kappa shape index (κ2) is 7.50. The lowest BCUT2D eigenvalue weighted by atomic mass is 10.3. The minimum Gasteiger partial charge on any atom is -0.385 e. The van der Waals surface area contributed by atoms with Crippen molar-refractivity contribution in [1.82, 2.24) is 4.98 Å². The van der Waals surface area contributed by atoms with E-state index in [2.05, 4.69) is 10.4 Å². The Morgan fingerprint density at radius 2 is 2.40 bits per heavy atom. The fourth-order valence-corrected chi connectivity index (χ4v) is 1.96. The number of ether oxygens (including phenoxy) is 1. The van der Waals surface area contributed by atoms with Gasteiger partial charge in [0.05, 0.1) is 0 Å². The zero-order valence-corrected chi connectivity index (χ0v) is 9.72. The molecule has 4 nitrogen and oxygen atoms in total. The maximum absolute atomic E-state index is 5.22. The van der Waals surface area contributed by atoms with Crippen molar-refractivity contribution in [2.45, 2.75) is 12.2 Å². The molecule has 1 aromatic rings. The van der Waals surface area contributed by atoms with Gasteiger partial charge in [0.15, 0.2) is 0 Å². The van der Waals surface area contributed by atoms with E-state index < -0.39 is 0 Å². The summed E-state index contributed by atoms with van der Waals surface area (Å²) in [5.74, 6) is 8.02. The molecular formula is C10H17N3OS. The number of nitrogens with zero attached hydrogens (tertiary/aromatic N) is 1. The predicted octanol–water partition coefficient (Wildman–Crippen LogP) is 1.64. The average Bonchev–Trinajstić information content (AvgIpc) is 2.30. The monoisotopic (exact) mass is 227 g/mol. The van der Waals surface area contributed by atoms with Crippen molar-refractivity contribution in [2.75, 3.05) is 24.9 Å². The van der Waals surface area contributed by atoms with Gasteiger partial charge >= 0.3 is 0 Å². The summed E-state index contributed by atoms with van der Waals surface area (Å²) in [6.45, 7) is 0.835. The smallest absolute Gasteiger partial charge is 0.139 e. The third-order valence-electron chi connectivity index (χ3n) is 1.88. The molecule has 0 amide bonds. The van der Waals surface area contributed by atoms with Crippen LogP contribution >= 0.6 is 11.8 Å². The Labute approximate surface area is 94.6 Å². The van der Waals surface area contributed by atoms with Crippen molar-refractivity contribution in [3.05, 3.63) is 23.9 Å². The summed E-state index contributed by atoms with van der Waals surface area (Å²) in [5, 5.41) is 0. The van der Waals surface area contributed by atoms with Gasteiger partial charge in [-0.2, -0.15) is 11.8 Å². The first-order chi connectivity index (χ1) is 7.36. The number of thioether (sulfide) groups is 1. The van der Waals surface area contributed by atoms with Gasteiger partial charge in [0, 0.05) is 25.7 Å². The fraction of sp³-hybridized carbons (Fsp3) is 0.500. The first-order valence-electron chi connectivity index (χ1n) is 4.85. The van der Waals surface area contributed by atoms with E-state index in [1.165, 1.54) is 5.56 Å². The summed E-state index contributed by atoms with van der Waals surface area (Å²) < 4.78 is 4.98. The van der Waals surface area contributed by atoms with Gasteiger partial charge in [-0.25, -0.2) is 10.8 Å². The van der Waals surface area contributed by atoms with Crippen LogP contribution in [0.15, 0.2) is 18.3 Å². The highest BCUT2D eigenvalue weighted by molar-refractivity contribution is 7.98. The number of hydrogen-bond donors (Lipinski definition) is 2. The van der Waals surface area contributed by atoms with Gasteiger partial charge in [-0.15, -0.1) is 0 Å². The van der Waals surface area contributed by atoms with Gasteiger partial charge in [0.1, 0.15) is 5.82 Å². The number of nitrogens with one attached hydrogen (secondary N) is 1. The Hall–Kier alpha value is -0.780. The van der Waals surface area contributed by atoms with Crippen LogP contribution < -0.4 is 11.3 Å². The maximum Gasteiger partial charge on any atom is 0.139 e. The van der Waals surface area contributed by atoms with Gasteiger partial charge in [-0.1, -0.05) is 6.07 Å². The van der Waals surface area contributed by atoms with Crippen molar-refractivity contribution in [3.8, 4) is 0 Å². The SMILES string of the molecule is COCCCSCc1ccc(NN)nc1. The number of anilines is 1. The Kier molecular flexibility index (Phi) is 6.15. The number of nitrogens with two attached hydrogens (primary N) is 1. The summed E-state index contributed by atoms with van der Waals surface area (Å²) in [6.07, 6.45) is 2.94. The highest BCUT2D eigenvalue weighted by atomic mass is 32.2. The van der Waals surface area contributed by atoms with E-state index in [1.807, 2.05) is 30.1 Å². The topological polar surface area (TPSA) is 60.2 Å². The Bertz CT molecular complexity index is 266. The molecule has 0 bridgehead atoms. The number of pyridine rings is 1. The van der Waals surface area contributed by atoms with E-state index >= 15 is 0 Å². The quantitative estimate of drug-likeness (QED) is 0.421. The van der Waals surface area contributed by atoms with Crippen LogP contribution in [0.4, 0.5) is 5.82 Å². The van der Waals surface area contributed by atoms with Crippen LogP contribution in [0.5, 0.6) is 0 Å². The van der Waals surface area contributed by atoms with Gasteiger partial charge in [-0.05, 0) is 23.8 Å². The van der Waals surface area contributed by atoms with Gasteiger partial charge in [0.2, 0.25) is 0 Å². The molecule has 5 heteroatoms.